The minimum absolute atomic E-state index is 0.212. The number of fused-ring (bicyclic) bond motifs is 1. The molecule has 1 aromatic heterocycles. The largest absolute Gasteiger partial charge is 0.464 e. The normalized spacial score (nSPS) is 15.2. The molecule has 2 aromatic rings. The number of furan rings is 1. The van der Waals surface area contributed by atoms with Crippen LogP contribution in [0.3, 0.4) is 0 Å². The fraction of sp³-hybridized carbons (Fsp3) is 0.467. The molecule has 0 radical (unpaired) electrons. The van der Waals surface area contributed by atoms with Gasteiger partial charge in [-0.2, -0.15) is 0 Å². The van der Waals surface area contributed by atoms with Gasteiger partial charge in [-0.05, 0) is 26.5 Å². The van der Waals surface area contributed by atoms with Gasteiger partial charge in [0.25, 0.3) is 0 Å². The molecule has 0 aliphatic heterocycles. The van der Waals surface area contributed by atoms with Crippen molar-refractivity contribution in [3.63, 3.8) is 0 Å². The average molecular weight is 246 g/mol. The molecular weight excluding hydrogens is 224 g/mol. The third-order valence-corrected chi connectivity index (χ3v) is 3.87. The van der Waals surface area contributed by atoms with Crippen molar-refractivity contribution in [2.24, 2.45) is 5.73 Å². The Morgan fingerprint density at radius 2 is 2.06 bits per heavy atom. The maximum absolute atomic E-state index is 5.97. The smallest absolute Gasteiger partial charge is 0.134 e. The quantitative estimate of drug-likeness (QED) is 0.881. The molecule has 0 amide bonds. The molecule has 2 N–H and O–H groups in total. The Kier molecular flexibility index (Phi) is 4.04. The van der Waals surface area contributed by atoms with E-state index < -0.39 is 0 Å². The van der Waals surface area contributed by atoms with Crippen molar-refractivity contribution in [1.82, 2.24) is 4.90 Å². The summed E-state index contributed by atoms with van der Waals surface area (Å²) in [4.78, 5) is 2.33. The zero-order chi connectivity index (χ0) is 13.1. The molecule has 0 spiro atoms. The SMILES string of the molecule is CCC(C)N(C)C(CN)c1coc2ccccc12. The van der Waals surface area contributed by atoms with E-state index in [0.717, 1.165) is 12.0 Å². The summed E-state index contributed by atoms with van der Waals surface area (Å²) in [6, 6.07) is 8.84. The average Bonchev–Trinajstić information content (AvgIpc) is 2.83. The monoisotopic (exact) mass is 246 g/mol. The van der Waals surface area contributed by atoms with Gasteiger partial charge >= 0.3 is 0 Å². The zero-order valence-corrected chi connectivity index (χ0v) is 11.4. The Bertz CT molecular complexity index is 506. The molecular formula is C15H22N2O. The molecule has 1 aromatic carbocycles. The Morgan fingerprint density at radius 3 is 2.72 bits per heavy atom. The van der Waals surface area contributed by atoms with Crippen LogP contribution < -0.4 is 5.73 Å². The van der Waals surface area contributed by atoms with Crippen LogP contribution in [0, 0.1) is 0 Å². The van der Waals surface area contributed by atoms with Crippen LogP contribution in [-0.4, -0.2) is 24.5 Å². The van der Waals surface area contributed by atoms with Gasteiger partial charge in [-0.1, -0.05) is 25.1 Å². The number of hydrogen-bond acceptors (Lipinski definition) is 3. The van der Waals surface area contributed by atoms with Gasteiger partial charge in [-0.3, -0.25) is 4.90 Å². The highest BCUT2D eigenvalue weighted by atomic mass is 16.3. The van der Waals surface area contributed by atoms with Crippen LogP contribution in [0.25, 0.3) is 11.0 Å². The van der Waals surface area contributed by atoms with E-state index >= 15 is 0 Å². The molecule has 0 aliphatic carbocycles. The minimum atomic E-state index is 0.212. The maximum Gasteiger partial charge on any atom is 0.134 e. The molecule has 0 fully saturated rings. The summed E-state index contributed by atoms with van der Waals surface area (Å²) in [7, 11) is 2.13. The first-order valence-corrected chi connectivity index (χ1v) is 6.57. The topological polar surface area (TPSA) is 42.4 Å². The second-order valence-corrected chi connectivity index (χ2v) is 4.86. The molecule has 0 saturated heterocycles. The maximum atomic E-state index is 5.97. The lowest BCUT2D eigenvalue weighted by Gasteiger charge is -2.31. The summed E-state index contributed by atoms with van der Waals surface area (Å²) in [6.07, 6.45) is 2.96. The van der Waals surface area contributed by atoms with Crippen molar-refractivity contribution in [3.05, 3.63) is 36.1 Å². The zero-order valence-electron chi connectivity index (χ0n) is 11.4. The number of para-hydroxylation sites is 1. The Morgan fingerprint density at radius 1 is 1.33 bits per heavy atom. The molecule has 3 nitrogen and oxygen atoms in total. The van der Waals surface area contributed by atoms with Crippen LogP contribution in [-0.2, 0) is 0 Å². The molecule has 1 heterocycles. The Labute approximate surface area is 109 Å². The molecule has 2 unspecified atom stereocenters. The molecule has 2 atom stereocenters. The standard InChI is InChI=1S/C15H22N2O/c1-4-11(2)17(3)14(9-16)13-10-18-15-8-6-5-7-12(13)15/h5-8,10-11,14H,4,9,16H2,1-3H3. The molecule has 18 heavy (non-hydrogen) atoms. The molecule has 0 aliphatic rings. The number of nitrogens with two attached hydrogens (primary N) is 1. The van der Waals surface area contributed by atoms with E-state index in [1.54, 1.807) is 0 Å². The van der Waals surface area contributed by atoms with Gasteiger partial charge in [-0.25, -0.2) is 0 Å². The fourth-order valence-corrected chi connectivity index (χ4v) is 2.36. The van der Waals surface area contributed by atoms with Crippen LogP contribution in [0.2, 0.25) is 0 Å². The second kappa shape index (κ2) is 5.55. The lowest BCUT2D eigenvalue weighted by molar-refractivity contribution is 0.185. The summed E-state index contributed by atoms with van der Waals surface area (Å²) in [5.41, 5.74) is 8.09. The number of likely N-dealkylation sites (N-methyl/N-ethyl adjacent to an activating group) is 1. The Hall–Kier alpha value is -1.32. The van der Waals surface area contributed by atoms with E-state index in [2.05, 4.69) is 31.9 Å². The predicted octanol–water partition coefficient (Wildman–Crippen LogP) is 3.16. The van der Waals surface area contributed by atoms with Gasteiger partial charge in [0.2, 0.25) is 0 Å². The first-order chi connectivity index (χ1) is 8.69. The summed E-state index contributed by atoms with van der Waals surface area (Å²) >= 11 is 0. The van der Waals surface area contributed by atoms with Crippen molar-refractivity contribution in [2.45, 2.75) is 32.4 Å². The van der Waals surface area contributed by atoms with Crippen molar-refractivity contribution in [3.8, 4) is 0 Å². The predicted molar refractivity (Wildman–Crippen MR) is 75.5 cm³/mol. The molecule has 98 valence electrons. The molecule has 0 bridgehead atoms. The van der Waals surface area contributed by atoms with Gasteiger partial charge < -0.3 is 10.2 Å². The third kappa shape index (κ3) is 2.28. The van der Waals surface area contributed by atoms with Crippen molar-refractivity contribution in [1.29, 1.82) is 0 Å². The fourth-order valence-electron chi connectivity index (χ4n) is 2.36. The molecule has 0 saturated carbocycles. The second-order valence-electron chi connectivity index (χ2n) is 4.86. The van der Waals surface area contributed by atoms with Crippen LogP contribution in [0.4, 0.5) is 0 Å². The highest BCUT2D eigenvalue weighted by Gasteiger charge is 2.22. The van der Waals surface area contributed by atoms with Crippen LogP contribution >= 0.6 is 0 Å². The van der Waals surface area contributed by atoms with Gasteiger partial charge in [0.05, 0.1) is 12.3 Å². The summed E-state index contributed by atoms with van der Waals surface area (Å²) < 4.78 is 5.61. The van der Waals surface area contributed by atoms with E-state index in [0.29, 0.717) is 12.6 Å². The van der Waals surface area contributed by atoms with Gasteiger partial charge in [0.1, 0.15) is 5.58 Å². The number of nitrogens with zero attached hydrogens (tertiary/aromatic N) is 1. The molecule has 3 heteroatoms. The van der Waals surface area contributed by atoms with E-state index in [4.69, 9.17) is 10.2 Å². The van der Waals surface area contributed by atoms with Crippen molar-refractivity contribution >= 4 is 11.0 Å². The lowest BCUT2D eigenvalue weighted by atomic mass is 10.0. The highest BCUT2D eigenvalue weighted by molar-refractivity contribution is 5.81. The van der Waals surface area contributed by atoms with Crippen LogP contribution in [0.15, 0.2) is 34.9 Å². The van der Waals surface area contributed by atoms with Crippen LogP contribution in [0.5, 0.6) is 0 Å². The van der Waals surface area contributed by atoms with Gasteiger partial charge in [0.15, 0.2) is 0 Å². The van der Waals surface area contributed by atoms with Crippen LogP contribution in [0.1, 0.15) is 31.9 Å². The highest BCUT2D eigenvalue weighted by Crippen LogP contribution is 2.30. The van der Waals surface area contributed by atoms with Gasteiger partial charge in [0, 0.05) is 23.5 Å². The third-order valence-electron chi connectivity index (χ3n) is 3.87. The first kappa shape index (κ1) is 13.1. The lowest BCUT2D eigenvalue weighted by Crippen LogP contribution is -2.36. The summed E-state index contributed by atoms with van der Waals surface area (Å²) in [6.45, 7) is 5.03. The number of benzene rings is 1. The van der Waals surface area contributed by atoms with Gasteiger partial charge in [-0.15, -0.1) is 0 Å². The minimum Gasteiger partial charge on any atom is -0.464 e. The van der Waals surface area contributed by atoms with Crippen molar-refractivity contribution < 1.29 is 4.42 Å². The molecule has 2 rings (SSSR count). The van der Waals surface area contributed by atoms with E-state index in [9.17, 15) is 0 Å². The summed E-state index contributed by atoms with van der Waals surface area (Å²) in [5.74, 6) is 0. The van der Waals surface area contributed by atoms with Crippen molar-refractivity contribution in [2.75, 3.05) is 13.6 Å². The van der Waals surface area contributed by atoms with E-state index in [1.807, 2.05) is 24.5 Å². The van der Waals surface area contributed by atoms with E-state index in [-0.39, 0.29) is 6.04 Å². The first-order valence-electron chi connectivity index (χ1n) is 6.57. The number of hydrogen-bond donors (Lipinski definition) is 1. The van der Waals surface area contributed by atoms with E-state index in [1.165, 1.54) is 10.9 Å². The Balaban J connectivity index is 2.38. The summed E-state index contributed by atoms with van der Waals surface area (Å²) in [5, 5.41) is 1.17. The number of rotatable bonds is 5.